The first-order valence-corrected chi connectivity index (χ1v) is 8.43. The van der Waals surface area contributed by atoms with Crippen molar-refractivity contribution in [2.24, 2.45) is 0 Å². The molecule has 1 saturated heterocycles. The molecule has 2 aromatic carbocycles. The number of imide groups is 1. The van der Waals surface area contributed by atoms with Gasteiger partial charge in [-0.1, -0.05) is 36.4 Å². The fraction of sp³-hybridized carbons (Fsp3) is 0.0476. The van der Waals surface area contributed by atoms with E-state index in [-0.39, 0.29) is 17.8 Å². The lowest BCUT2D eigenvalue weighted by Gasteiger charge is -2.12. The van der Waals surface area contributed by atoms with Gasteiger partial charge in [-0.05, 0) is 35.9 Å². The third-order valence-electron chi connectivity index (χ3n) is 4.33. The molecule has 0 radical (unpaired) electrons. The largest absolute Gasteiger partial charge is 0.329 e. The van der Waals surface area contributed by atoms with E-state index in [4.69, 9.17) is 0 Å². The summed E-state index contributed by atoms with van der Waals surface area (Å²) in [4.78, 5) is 25.7. The third kappa shape index (κ3) is 3.37. The van der Waals surface area contributed by atoms with Gasteiger partial charge in [0.05, 0.1) is 6.54 Å². The lowest BCUT2D eigenvalue weighted by Crippen LogP contribution is -2.30. The average Bonchev–Trinajstić information content (AvgIpc) is 3.25. The van der Waals surface area contributed by atoms with Crippen LogP contribution in [0.3, 0.4) is 0 Å². The first-order valence-electron chi connectivity index (χ1n) is 8.43. The molecule has 6 heteroatoms. The van der Waals surface area contributed by atoms with Crippen molar-refractivity contribution < 1.29 is 14.0 Å². The smallest absolute Gasteiger partial charge is 0.323 e. The molecule has 0 unspecified atom stereocenters. The molecule has 4 rings (SSSR count). The van der Waals surface area contributed by atoms with Crippen LogP contribution in [-0.2, 0) is 11.3 Å². The highest BCUT2D eigenvalue weighted by Crippen LogP contribution is 2.19. The molecule has 3 aromatic rings. The van der Waals surface area contributed by atoms with E-state index in [1.54, 1.807) is 24.3 Å². The summed E-state index contributed by atoms with van der Waals surface area (Å²) in [6.07, 6.45) is 5.35. The van der Waals surface area contributed by atoms with E-state index in [0.29, 0.717) is 0 Å². The molecule has 134 valence electrons. The van der Waals surface area contributed by atoms with Crippen LogP contribution in [0.4, 0.5) is 9.18 Å². The number of urea groups is 1. The van der Waals surface area contributed by atoms with Crippen LogP contribution in [0.15, 0.2) is 78.8 Å². The number of carbonyl (C=O) groups excluding carboxylic acids is 2. The SMILES string of the molecule is O=C1N/C(=C/c2ccn(-c3ccccc3)c2)C(=O)N1Cc1ccccc1F. The maximum Gasteiger partial charge on any atom is 0.329 e. The lowest BCUT2D eigenvalue weighted by atomic mass is 10.2. The molecule has 0 bridgehead atoms. The van der Waals surface area contributed by atoms with E-state index < -0.39 is 17.8 Å². The van der Waals surface area contributed by atoms with Gasteiger partial charge in [0.2, 0.25) is 0 Å². The van der Waals surface area contributed by atoms with Gasteiger partial charge in [0.25, 0.3) is 5.91 Å². The van der Waals surface area contributed by atoms with Crippen molar-refractivity contribution in [3.63, 3.8) is 0 Å². The topological polar surface area (TPSA) is 54.3 Å². The molecule has 2 heterocycles. The molecule has 0 aliphatic carbocycles. The summed E-state index contributed by atoms with van der Waals surface area (Å²) in [7, 11) is 0. The Kier molecular flexibility index (Phi) is 4.30. The Hall–Kier alpha value is -3.67. The van der Waals surface area contributed by atoms with Gasteiger partial charge in [-0.15, -0.1) is 0 Å². The number of rotatable bonds is 4. The highest BCUT2D eigenvalue weighted by atomic mass is 19.1. The second kappa shape index (κ2) is 6.92. The van der Waals surface area contributed by atoms with Crippen molar-refractivity contribution >= 4 is 18.0 Å². The summed E-state index contributed by atoms with van der Waals surface area (Å²) in [6.45, 7) is -0.111. The molecule has 1 aromatic heterocycles. The number of hydrogen-bond donors (Lipinski definition) is 1. The molecule has 0 atom stereocenters. The lowest BCUT2D eigenvalue weighted by molar-refractivity contribution is -0.123. The molecule has 1 aliphatic heterocycles. The minimum atomic E-state index is -0.558. The molecular weight excluding hydrogens is 345 g/mol. The highest BCUT2D eigenvalue weighted by molar-refractivity contribution is 6.13. The van der Waals surface area contributed by atoms with Crippen LogP contribution in [0, 0.1) is 5.82 Å². The minimum Gasteiger partial charge on any atom is -0.323 e. The predicted octanol–water partition coefficient (Wildman–Crippen LogP) is 3.71. The van der Waals surface area contributed by atoms with Crippen LogP contribution in [0.25, 0.3) is 11.8 Å². The van der Waals surface area contributed by atoms with E-state index in [9.17, 15) is 14.0 Å². The van der Waals surface area contributed by atoms with Crippen LogP contribution in [0.1, 0.15) is 11.1 Å². The van der Waals surface area contributed by atoms with Crippen molar-refractivity contribution in [2.45, 2.75) is 6.54 Å². The van der Waals surface area contributed by atoms with Gasteiger partial charge in [0.15, 0.2) is 0 Å². The minimum absolute atomic E-state index is 0.111. The van der Waals surface area contributed by atoms with Gasteiger partial charge < -0.3 is 9.88 Å². The summed E-state index contributed by atoms with van der Waals surface area (Å²) in [5.41, 5.74) is 2.22. The Bertz CT molecular complexity index is 1040. The highest BCUT2D eigenvalue weighted by Gasteiger charge is 2.33. The summed E-state index contributed by atoms with van der Waals surface area (Å²) >= 11 is 0. The quantitative estimate of drug-likeness (QED) is 0.569. The standard InChI is InChI=1S/C21H16FN3O2/c22-18-9-5-4-6-16(18)14-25-20(26)19(23-21(25)27)12-15-10-11-24(13-15)17-7-2-1-3-8-17/h1-13H,14H2,(H,23,27)/b19-12+. The van der Waals surface area contributed by atoms with Gasteiger partial charge in [-0.3, -0.25) is 9.69 Å². The third-order valence-corrected chi connectivity index (χ3v) is 4.33. The fourth-order valence-electron chi connectivity index (χ4n) is 2.94. The predicted molar refractivity (Wildman–Crippen MR) is 99.2 cm³/mol. The molecule has 3 amide bonds. The molecule has 0 spiro atoms. The monoisotopic (exact) mass is 361 g/mol. The van der Waals surface area contributed by atoms with E-state index >= 15 is 0 Å². The van der Waals surface area contributed by atoms with Crippen LogP contribution >= 0.6 is 0 Å². The first-order chi connectivity index (χ1) is 13.1. The van der Waals surface area contributed by atoms with Crippen LogP contribution < -0.4 is 5.32 Å². The van der Waals surface area contributed by atoms with Gasteiger partial charge in [-0.2, -0.15) is 0 Å². The Morgan fingerprint density at radius 1 is 0.963 bits per heavy atom. The molecule has 27 heavy (non-hydrogen) atoms. The summed E-state index contributed by atoms with van der Waals surface area (Å²) in [6, 6.07) is 17.1. The first kappa shape index (κ1) is 16.8. The second-order valence-electron chi connectivity index (χ2n) is 6.16. The molecular formula is C21H16FN3O2. The van der Waals surface area contributed by atoms with E-state index in [1.165, 1.54) is 6.07 Å². The van der Waals surface area contributed by atoms with Gasteiger partial charge in [-0.25, -0.2) is 9.18 Å². The maximum atomic E-state index is 13.8. The Morgan fingerprint density at radius 2 is 1.70 bits per heavy atom. The number of para-hydroxylation sites is 1. The van der Waals surface area contributed by atoms with E-state index in [1.807, 2.05) is 53.4 Å². The van der Waals surface area contributed by atoms with Crippen molar-refractivity contribution in [1.82, 2.24) is 14.8 Å². The van der Waals surface area contributed by atoms with Crippen LogP contribution in [-0.4, -0.2) is 21.4 Å². The van der Waals surface area contributed by atoms with Crippen molar-refractivity contribution in [2.75, 3.05) is 0 Å². The van der Waals surface area contributed by atoms with E-state index in [0.717, 1.165) is 16.2 Å². The number of hydrogen-bond acceptors (Lipinski definition) is 2. The fourth-order valence-corrected chi connectivity index (χ4v) is 2.94. The second-order valence-corrected chi connectivity index (χ2v) is 6.16. The Labute approximate surface area is 155 Å². The zero-order chi connectivity index (χ0) is 18.8. The van der Waals surface area contributed by atoms with Crippen molar-refractivity contribution in [1.29, 1.82) is 0 Å². The van der Waals surface area contributed by atoms with Crippen molar-refractivity contribution in [3.8, 4) is 5.69 Å². The molecule has 1 aliphatic rings. The summed E-state index contributed by atoms with van der Waals surface area (Å²) < 4.78 is 15.7. The number of carbonyl (C=O) groups is 2. The number of benzene rings is 2. The summed E-state index contributed by atoms with van der Waals surface area (Å²) in [5.74, 6) is -0.925. The number of amides is 3. The van der Waals surface area contributed by atoms with Crippen LogP contribution in [0.2, 0.25) is 0 Å². The van der Waals surface area contributed by atoms with Gasteiger partial charge >= 0.3 is 6.03 Å². The van der Waals surface area contributed by atoms with Crippen molar-refractivity contribution in [3.05, 3.63) is 95.7 Å². The maximum absolute atomic E-state index is 13.8. The zero-order valence-corrected chi connectivity index (χ0v) is 14.3. The number of halogens is 1. The molecule has 0 saturated carbocycles. The van der Waals surface area contributed by atoms with E-state index in [2.05, 4.69) is 5.32 Å². The van der Waals surface area contributed by atoms with Crippen LogP contribution in [0.5, 0.6) is 0 Å². The molecule has 1 N–H and O–H groups in total. The normalized spacial score (nSPS) is 15.4. The van der Waals surface area contributed by atoms with Gasteiger partial charge in [0, 0.05) is 23.6 Å². The molecule has 5 nitrogen and oxygen atoms in total. The van der Waals surface area contributed by atoms with Gasteiger partial charge in [0.1, 0.15) is 11.5 Å². The number of aromatic nitrogens is 1. The average molecular weight is 361 g/mol. The number of nitrogens with zero attached hydrogens (tertiary/aromatic N) is 2. The summed E-state index contributed by atoms with van der Waals surface area (Å²) in [5, 5.41) is 2.56. The number of nitrogens with one attached hydrogen (secondary N) is 1. The Morgan fingerprint density at radius 3 is 2.48 bits per heavy atom. The Balaban J connectivity index is 1.55. The molecule has 1 fully saturated rings. The zero-order valence-electron chi connectivity index (χ0n) is 14.3.